The summed E-state index contributed by atoms with van der Waals surface area (Å²) in [7, 11) is 0. The van der Waals surface area contributed by atoms with Gasteiger partial charge in [-0.15, -0.1) is 0 Å². The number of rotatable bonds is 4. The Labute approximate surface area is 128 Å². The highest BCUT2D eigenvalue weighted by molar-refractivity contribution is 6.30. The van der Waals surface area contributed by atoms with Crippen molar-refractivity contribution in [1.29, 1.82) is 5.26 Å². The molecule has 0 atom stereocenters. The van der Waals surface area contributed by atoms with Crippen molar-refractivity contribution in [3.05, 3.63) is 64.4 Å². The van der Waals surface area contributed by atoms with Crippen LogP contribution in [0.4, 0.5) is 4.39 Å². The summed E-state index contributed by atoms with van der Waals surface area (Å²) in [6, 6.07) is 13.2. The monoisotopic (exact) mass is 301 g/mol. The first kappa shape index (κ1) is 15.1. The second kappa shape index (κ2) is 6.92. The Kier molecular flexibility index (Phi) is 4.97. The molecule has 0 saturated heterocycles. The maximum Gasteiger partial charge on any atom is 0.126 e. The van der Waals surface area contributed by atoms with Crippen molar-refractivity contribution in [1.82, 2.24) is 0 Å². The van der Waals surface area contributed by atoms with Crippen molar-refractivity contribution >= 4 is 23.3 Å². The molecule has 4 heteroatoms. The Balaban J connectivity index is 2.50. The minimum absolute atomic E-state index is 0.345. The van der Waals surface area contributed by atoms with Gasteiger partial charge in [-0.25, -0.2) is 4.39 Å². The first-order chi connectivity index (χ1) is 10.1. The summed E-state index contributed by atoms with van der Waals surface area (Å²) in [4.78, 5) is 0. The minimum atomic E-state index is -0.384. The van der Waals surface area contributed by atoms with Gasteiger partial charge >= 0.3 is 0 Å². The zero-order valence-corrected chi connectivity index (χ0v) is 12.2. The Morgan fingerprint density at radius 1 is 1.33 bits per heavy atom. The Morgan fingerprint density at radius 2 is 2.14 bits per heavy atom. The summed E-state index contributed by atoms with van der Waals surface area (Å²) >= 11 is 5.99. The van der Waals surface area contributed by atoms with Crippen molar-refractivity contribution in [3.63, 3.8) is 0 Å². The number of nitrogens with zero attached hydrogens (tertiary/aromatic N) is 1. The lowest BCUT2D eigenvalue weighted by Crippen LogP contribution is -1.94. The number of ether oxygens (including phenoxy) is 1. The topological polar surface area (TPSA) is 33.0 Å². The first-order valence-electron chi connectivity index (χ1n) is 6.44. The number of halogens is 2. The van der Waals surface area contributed by atoms with Crippen molar-refractivity contribution in [3.8, 4) is 11.8 Å². The van der Waals surface area contributed by atoms with Crippen LogP contribution in [0.3, 0.4) is 0 Å². The molecule has 2 aromatic rings. The normalized spacial score (nSPS) is 11.0. The predicted molar refractivity (Wildman–Crippen MR) is 82.5 cm³/mol. The van der Waals surface area contributed by atoms with Gasteiger partial charge in [-0.1, -0.05) is 23.7 Å². The molecule has 0 bridgehead atoms. The van der Waals surface area contributed by atoms with Gasteiger partial charge in [0.1, 0.15) is 11.6 Å². The molecular formula is C17H13ClFNO. The third kappa shape index (κ3) is 3.84. The van der Waals surface area contributed by atoms with Gasteiger partial charge < -0.3 is 4.74 Å². The summed E-state index contributed by atoms with van der Waals surface area (Å²) in [6.07, 6.45) is 1.64. The van der Waals surface area contributed by atoms with Gasteiger partial charge in [-0.05, 0) is 48.9 Å². The summed E-state index contributed by atoms with van der Waals surface area (Å²) in [6.45, 7) is 2.38. The molecule has 0 aromatic heterocycles. The number of nitriles is 1. The van der Waals surface area contributed by atoms with Gasteiger partial charge in [0.2, 0.25) is 0 Å². The van der Waals surface area contributed by atoms with Gasteiger partial charge in [0.25, 0.3) is 0 Å². The molecule has 106 valence electrons. The smallest absolute Gasteiger partial charge is 0.126 e. The summed E-state index contributed by atoms with van der Waals surface area (Å²) in [5.74, 6) is 0.246. The fourth-order valence-electron chi connectivity index (χ4n) is 1.91. The first-order valence-corrected chi connectivity index (χ1v) is 6.82. The summed E-state index contributed by atoms with van der Waals surface area (Å²) in [5.41, 5.74) is 1.54. The molecule has 0 aliphatic heterocycles. The van der Waals surface area contributed by atoms with Crippen LogP contribution < -0.4 is 4.74 Å². The number of hydrogen-bond acceptors (Lipinski definition) is 2. The molecule has 0 saturated carbocycles. The summed E-state index contributed by atoms with van der Waals surface area (Å²) < 4.78 is 18.8. The van der Waals surface area contributed by atoms with E-state index in [1.165, 1.54) is 12.1 Å². The predicted octanol–water partition coefficient (Wildman–Crippen LogP) is 4.94. The van der Waals surface area contributed by atoms with Crippen molar-refractivity contribution in [2.45, 2.75) is 6.92 Å². The van der Waals surface area contributed by atoms with E-state index >= 15 is 0 Å². The Morgan fingerprint density at radius 3 is 2.81 bits per heavy atom. The average Bonchev–Trinajstić information content (AvgIpc) is 2.47. The molecule has 0 fully saturated rings. The van der Waals surface area contributed by atoms with E-state index in [-0.39, 0.29) is 5.82 Å². The lowest BCUT2D eigenvalue weighted by atomic mass is 10.0. The van der Waals surface area contributed by atoms with Crippen molar-refractivity contribution < 1.29 is 9.13 Å². The molecular weight excluding hydrogens is 289 g/mol. The molecule has 0 heterocycles. The van der Waals surface area contributed by atoms with Gasteiger partial charge in [-0.3, -0.25) is 0 Å². The van der Waals surface area contributed by atoms with Crippen LogP contribution in [0, 0.1) is 17.1 Å². The molecule has 21 heavy (non-hydrogen) atoms. The minimum Gasteiger partial charge on any atom is -0.493 e. The second-order valence-electron chi connectivity index (χ2n) is 4.30. The lowest BCUT2D eigenvalue weighted by Gasteiger charge is -2.08. The molecule has 2 nitrogen and oxygen atoms in total. The lowest BCUT2D eigenvalue weighted by molar-refractivity contribution is 0.339. The van der Waals surface area contributed by atoms with E-state index in [2.05, 4.69) is 6.07 Å². The molecule has 0 radical (unpaired) electrons. The van der Waals surface area contributed by atoms with E-state index < -0.39 is 0 Å². The van der Waals surface area contributed by atoms with E-state index in [9.17, 15) is 9.65 Å². The maximum absolute atomic E-state index is 13.3. The molecule has 2 aromatic carbocycles. The highest BCUT2D eigenvalue weighted by atomic mass is 35.5. The fraction of sp³-hybridized carbons (Fsp3) is 0.118. The van der Waals surface area contributed by atoms with E-state index in [1.807, 2.05) is 6.92 Å². The fourth-order valence-corrected chi connectivity index (χ4v) is 2.09. The quantitative estimate of drug-likeness (QED) is 0.592. The van der Waals surface area contributed by atoms with Crippen LogP contribution in [0.25, 0.3) is 11.6 Å². The highest BCUT2D eigenvalue weighted by Gasteiger charge is 2.07. The maximum atomic E-state index is 13.3. The third-order valence-corrected chi connectivity index (χ3v) is 3.06. The third-order valence-electron chi connectivity index (χ3n) is 2.83. The SMILES string of the molecule is CCOc1ccc(Cl)cc1/C=C(\C#N)c1cccc(F)c1. The molecule has 0 N–H and O–H groups in total. The van der Waals surface area contributed by atoms with Gasteiger partial charge in [0.05, 0.1) is 18.2 Å². The van der Waals surface area contributed by atoms with E-state index in [4.69, 9.17) is 16.3 Å². The van der Waals surface area contributed by atoms with Crippen LogP contribution in [-0.2, 0) is 0 Å². The van der Waals surface area contributed by atoms with Crippen molar-refractivity contribution in [2.24, 2.45) is 0 Å². The van der Waals surface area contributed by atoms with Gasteiger partial charge in [-0.2, -0.15) is 5.26 Å². The van der Waals surface area contributed by atoms with E-state index in [1.54, 1.807) is 36.4 Å². The average molecular weight is 302 g/mol. The zero-order valence-electron chi connectivity index (χ0n) is 11.4. The van der Waals surface area contributed by atoms with Gasteiger partial charge in [0.15, 0.2) is 0 Å². The molecule has 0 spiro atoms. The van der Waals surface area contributed by atoms with Crippen LogP contribution in [0.1, 0.15) is 18.1 Å². The highest BCUT2D eigenvalue weighted by Crippen LogP contribution is 2.27. The second-order valence-corrected chi connectivity index (χ2v) is 4.73. The van der Waals surface area contributed by atoms with Crippen LogP contribution >= 0.6 is 11.6 Å². The standard InChI is InChI=1S/C17H13ClFNO/c1-2-21-17-7-6-15(18)9-13(17)8-14(11-20)12-4-3-5-16(19)10-12/h3-10H,2H2,1H3/b14-8+. The van der Waals surface area contributed by atoms with Crippen LogP contribution in [0.5, 0.6) is 5.75 Å². The number of allylic oxidation sites excluding steroid dienone is 1. The van der Waals surface area contributed by atoms with Crippen LogP contribution in [-0.4, -0.2) is 6.61 Å². The Hall–Kier alpha value is -2.31. The van der Waals surface area contributed by atoms with Crippen molar-refractivity contribution in [2.75, 3.05) is 6.61 Å². The number of hydrogen-bond donors (Lipinski definition) is 0. The number of benzene rings is 2. The van der Waals surface area contributed by atoms with E-state index in [0.29, 0.717) is 34.1 Å². The van der Waals surface area contributed by atoms with Gasteiger partial charge in [0, 0.05) is 10.6 Å². The summed E-state index contributed by atoms with van der Waals surface area (Å²) in [5, 5.41) is 9.85. The largest absolute Gasteiger partial charge is 0.493 e. The zero-order chi connectivity index (χ0) is 15.2. The van der Waals surface area contributed by atoms with Crippen LogP contribution in [0.15, 0.2) is 42.5 Å². The van der Waals surface area contributed by atoms with E-state index in [0.717, 1.165) is 0 Å². The molecule has 2 rings (SSSR count). The molecule has 0 aliphatic carbocycles. The van der Waals surface area contributed by atoms with Crippen LogP contribution in [0.2, 0.25) is 5.02 Å². The molecule has 0 unspecified atom stereocenters. The molecule has 0 aliphatic rings. The molecule has 0 amide bonds. The Bertz CT molecular complexity index is 719.